The monoisotopic (exact) mass is 423 g/mol. The van der Waals surface area contributed by atoms with E-state index in [-0.39, 0.29) is 11.8 Å². The topological polar surface area (TPSA) is 74.2 Å². The van der Waals surface area contributed by atoms with E-state index in [4.69, 9.17) is 11.6 Å². The van der Waals surface area contributed by atoms with Gasteiger partial charge in [0, 0.05) is 31.2 Å². The van der Waals surface area contributed by atoms with Gasteiger partial charge >= 0.3 is 6.18 Å². The first-order valence-corrected chi connectivity index (χ1v) is 9.37. The van der Waals surface area contributed by atoms with Crippen LogP contribution in [0.2, 0.25) is 5.02 Å². The molecule has 1 aliphatic rings. The van der Waals surface area contributed by atoms with Crippen LogP contribution in [0, 0.1) is 0 Å². The average Bonchev–Trinajstić information content (AvgIpc) is 2.69. The molecule has 0 bridgehead atoms. The van der Waals surface area contributed by atoms with E-state index in [2.05, 4.69) is 20.3 Å². The van der Waals surface area contributed by atoms with Gasteiger partial charge in [0.15, 0.2) is 0 Å². The number of anilines is 3. The lowest BCUT2D eigenvalue weighted by molar-refractivity contribution is -0.137. The molecule has 0 aliphatic carbocycles. The van der Waals surface area contributed by atoms with Crippen molar-refractivity contribution in [1.82, 2.24) is 15.0 Å². The molecule has 0 unspecified atom stereocenters. The van der Waals surface area contributed by atoms with Gasteiger partial charge in [-0.05, 0) is 31.0 Å². The number of piperidine rings is 1. The second-order valence-electron chi connectivity index (χ2n) is 6.81. The van der Waals surface area contributed by atoms with Gasteiger partial charge in [0.1, 0.15) is 5.82 Å². The van der Waals surface area contributed by atoms with Gasteiger partial charge in [0.05, 0.1) is 27.6 Å². The van der Waals surface area contributed by atoms with Gasteiger partial charge in [-0.1, -0.05) is 17.7 Å². The maximum atomic E-state index is 13.0. The fourth-order valence-electron chi connectivity index (χ4n) is 3.21. The molecule has 0 atom stereocenters. The van der Waals surface area contributed by atoms with Crippen LogP contribution < -0.4 is 10.2 Å². The van der Waals surface area contributed by atoms with Crippen molar-refractivity contribution in [2.24, 2.45) is 0 Å². The molecule has 0 saturated carbocycles. The number of hydrogen-bond donors (Lipinski definition) is 2. The Bertz CT molecular complexity index is 1040. The number of aliphatic hydroxyl groups excluding tert-OH is 1. The molecule has 29 heavy (non-hydrogen) atoms. The highest BCUT2D eigenvalue weighted by molar-refractivity contribution is 6.35. The Morgan fingerprint density at radius 2 is 1.90 bits per heavy atom. The zero-order valence-electron chi connectivity index (χ0n) is 15.1. The normalized spacial score (nSPS) is 15.7. The molecule has 6 nitrogen and oxygen atoms in total. The molecule has 2 N–H and O–H groups in total. The largest absolute Gasteiger partial charge is 0.416 e. The van der Waals surface area contributed by atoms with Crippen LogP contribution in [0.3, 0.4) is 0 Å². The number of nitrogens with one attached hydrogen (secondary N) is 1. The standard InChI is InChI=1S/C19H17ClF3N5O/c20-15-10-24-9-14-16(15)26-18(28-6-4-13(29)5-7-28)27-17(14)25-12-3-1-2-11(8-12)19(21,22)23/h1-3,8-10,13,29H,4-7H2,(H,25,26,27). The van der Waals surface area contributed by atoms with Crippen LogP contribution in [0.25, 0.3) is 10.9 Å². The zero-order valence-corrected chi connectivity index (χ0v) is 15.9. The quantitative estimate of drug-likeness (QED) is 0.650. The minimum atomic E-state index is -4.45. The molecule has 4 rings (SSSR count). The van der Waals surface area contributed by atoms with Crippen molar-refractivity contribution >= 4 is 40.0 Å². The first-order valence-electron chi connectivity index (χ1n) is 9.00. The average molecular weight is 424 g/mol. The number of benzene rings is 1. The first-order chi connectivity index (χ1) is 13.8. The molecule has 152 valence electrons. The minimum Gasteiger partial charge on any atom is -0.393 e. The van der Waals surface area contributed by atoms with Gasteiger partial charge in [-0.2, -0.15) is 18.2 Å². The molecule has 1 aliphatic heterocycles. The Morgan fingerprint density at radius 1 is 1.14 bits per heavy atom. The molecule has 3 heterocycles. The number of nitrogens with zero attached hydrogens (tertiary/aromatic N) is 4. The maximum absolute atomic E-state index is 13.0. The number of aromatic nitrogens is 3. The molecule has 0 radical (unpaired) electrons. The Labute approximate surface area is 169 Å². The van der Waals surface area contributed by atoms with Crippen LogP contribution in [0.5, 0.6) is 0 Å². The van der Waals surface area contributed by atoms with Crippen LogP contribution in [-0.4, -0.2) is 39.3 Å². The first kappa shape index (κ1) is 19.7. The Hall–Kier alpha value is -2.65. The lowest BCUT2D eigenvalue weighted by Gasteiger charge is -2.30. The van der Waals surface area contributed by atoms with Gasteiger partial charge in [-0.25, -0.2) is 4.98 Å². The van der Waals surface area contributed by atoms with Crippen LogP contribution >= 0.6 is 11.6 Å². The Kier molecular flexibility index (Phi) is 5.18. The summed E-state index contributed by atoms with van der Waals surface area (Å²) in [4.78, 5) is 15.0. The van der Waals surface area contributed by atoms with E-state index < -0.39 is 11.7 Å². The Morgan fingerprint density at radius 3 is 2.62 bits per heavy atom. The maximum Gasteiger partial charge on any atom is 0.416 e. The molecule has 10 heteroatoms. The lowest BCUT2D eigenvalue weighted by atomic mass is 10.1. The van der Waals surface area contributed by atoms with Crippen molar-refractivity contribution in [3.05, 3.63) is 47.2 Å². The SMILES string of the molecule is OC1CCN(c2nc(Nc3cccc(C(F)(F)F)c3)c3cncc(Cl)c3n2)CC1. The molecular formula is C19H17ClF3N5O. The highest BCUT2D eigenvalue weighted by atomic mass is 35.5. The summed E-state index contributed by atoms with van der Waals surface area (Å²) in [5.74, 6) is 0.706. The van der Waals surface area contributed by atoms with E-state index in [0.717, 1.165) is 12.1 Å². The second-order valence-corrected chi connectivity index (χ2v) is 7.22. The van der Waals surface area contributed by atoms with Gasteiger partial charge < -0.3 is 15.3 Å². The van der Waals surface area contributed by atoms with E-state index in [9.17, 15) is 18.3 Å². The van der Waals surface area contributed by atoms with Gasteiger partial charge in [-0.15, -0.1) is 0 Å². The van der Waals surface area contributed by atoms with E-state index in [0.29, 0.717) is 53.6 Å². The van der Waals surface area contributed by atoms with Crippen molar-refractivity contribution in [3.8, 4) is 0 Å². The number of pyridine rings is 1. The Balaban J connectivity index is 1.76. The molecule has 0 amide bonds. The number of halogens is 4. The third kappa shape index (κ3) is 4.20. The molecule has 1 fully saturated rings. The van der Waals surface area contributed by atoms with Crippen molar-refractivity contribution in [2.45, 2.75) is 25.1 Å². The summed E-state index contributed by atoms with van der Waals surface area (Å²) in [7, 11) is 0. The van der Waals surface area contributed by atoms with Crippen LogP contribution in [-0.2, 0) is 6.18 Å². The molecule has 1 aromatic carbocycles. The lowest BCUT2D eigenvalue weighted by Crippen LogP contribution is -2.37. The highest BCUT2D eigenvalue weighted by Crippen LogP contribution is 2.33. The summed E-state index contributed by atoms with van der Waals surface area (Å²) in [6.07, 6.45) is -0.669. The van der Waals surface area contributed by atoms with Gasteiger partial charge in [0.25, 0.3) is 0 Å². The van der Waals surface area contributed by atoms with E-state index in [1.165, 1.54) is 24.5 Å². The summed E-state index contributed by atoms with van der Waals surface area (Å²) in [5.41, 5.74) is -0.0747. The number of aliphatic hydroxyl groups is 1. The van der Waals surface area contributed by atoms with Gasteiger partial charge in [-0.3, -0.25) is 4.98 Å². The summed E-state index contributed by atoms with van der Waals surface area (Å²) in [5, 5.41) is 13.5. The fourth-order valence-corrected chi connectivity index (χ4v) is 3.41. The fraction of sp³-hybridized carbons (Fsp3) is 0.316. The second kappa shape index (κ2) is 7.64. The predicted molar refractivity (Wildman–Crippen MR) is 105 cm³/mol. The summed E-state index contributed by atoms with van der Waals surface area (Å²) >= 11 is 6.26. The van der Waals surface area contributed by atoms with Crippen LogP contribution in [0.4, 0.5) is 30.6 Å². The van der Waals surface area contributed by atoms with Crippen molar-refractivity contribution in [2.75, 3.05) is 23.3 Å². The minimum absolute atomic E-state index is 0.236. The molecule has 0 spiro atoms. The predicted octanol–water partition coefficient (Wildman–Crippen LogP) is 4.40. The number of rotatable bonds is 3. The molecule has 1 saturated heterocycles. The summed E-state index contributed by atoms with van der Waals surface area (Å²) < 4.78 is 39.1. The van der Waals surface area contributed by atoms with Crippen molar-refractivity contribution < 1.29 is 18.3 Å². The third-order valence-electron chi connectivity index (χ3n) is 4.75. The van der Waals surface area contributed by atoms with Crippen LogP contribution in [0.15, 0.2) is 36.7 Å². The summed E-state index contributed by atoms with van der Waals surface area (Å²) in [6, 6.07) is 4.87. The zero-order chi connectivity index (χ0) is 20.6. The van der Waals surface area contributed by atoms with E-state index in [1.54, 1.807) is 0 Å². The molecular weight excluding hydrogens is 407 g/mol. The summed E-state index contributed by atoms with van der Waals surface area (Å²) in [6.45, 7) is 1.14. The number of alkyl halides is 3. The molecule has 2 aromatic heterocycles. The molecule has 3 aromatic rings. The van der Waals surface area contributed by atoms with Crippen molar-refractivity contribution in [3.63, 3.8) is 0 Å². The van der Waals surface area contributed by atoms with E-state index in [1.807, 2.05) is 4.90 Å². The van der Waals surface area contributed by atoms with Gasteiger partial charge in [0.2, 0.25) is 5.95 Å². The highest BCUT2D eigenvalue weighted by Gasteiger charge is 2.30. The smallest absolute Gasteiger partial charge is 0.393 e. The number of fused-ring (bicyclic) bond motifs is 1. The number of hydrogen-bond acceptors (Lipinski definition) is 6. The van der Waals surface area contributed by atoms with E-state index >= 15 is 0 Å². The third-order valence-corrected chi connectivity index (χ3v) is 5.03. The van der Waals surface area contributed by atoms with Crippen molar-refractivity contribution in [1.29, 1.82) is 0 Å². The van der Waals surface area contributed by atoms with Crippen LogP contribution in [0.1, 0.15) is 18.4 Å².